The summed E-state index contributed by atoms with van der Waals surface area (Å²) in [5, 5.41) is 9.47. The average molecular weight is 301 g/mol. The van der Waals surface area contributed by atoms with Crippen LogP contribution in [0.1, 0.15) is 30.9 Å². The molecule has 0 aliphatic heterocycles. The van der Waals surface area contributed by atoms with Gasteiger partial charge in [-0.3, -0.25) is 4.79 Å². The number of amides is 1. The lowest BCUT2D eigenvalue weighted by Gasteiger charge is -2.36. The zero-order chi connectivity index (χ0) is 15.8. The minimum Gasteiger partial charge on any atom is -0.479 e. The Balaban J connectivity index is 2.43. The monoisotopic (exact) mass is 301 g/mol. The molecular weight excluding hydrogens is 287 g/mol. The van der Waals surface area contributed by atoms with E-state index in [2.05, 4.69) is 0 Å². The number of hydrogen-bond donors (Lipinski definition) is 1. The van der Waals surface area contributed by atoms with E-state index in [1.165, 1.54) is 6.92 Å². The van der Waals surface area contributed by atoms with Crippen LogP contribution >= 0.6 is 0 Å². The van der Waals surface area contributed by atoms with Crippen LogP contribution in [0.3, 0.4) is 0 Å². The van der Waals surface area contributed by atoms with E-state index in [0.717, 1.165) is 29.2 Å². The number of carbonyl (C=O) groups is 2. The van der Waals surface area contributed by atoms with Gasteiger partial charge in [-0.05, 0) is 37.5 Å². The van der Waals surface area contributed by atoms with Gasteiger partial charge in [0, 0.05) is 6.04 Å². The Bertz CT molecular complexity index is 552. The maximum absolute atomic E-state index is 12.6. The molecule has 114 valence electrons. The molecule has 1 amide bonds. The van der Waals surface area contributed by atoms with Gasteiger partial charge in [-0.2, -0.15) is 13.2 Å². The molecule has 1 unspecified atom stereocenters. The SMILES string of the molecule is CC(C(=O)O)(c1ccc(C(F)(F)F)cc1)N(C=O)C1CC1. The Morgan fingerprint density at radius 2 is 1.71 bits per heavy atom. The molecule has 0 spiro atoms. The second kappa shape index (κ2) is 5.05. The van der Waals surface area contributed by atoms with Crippen LogP contribution in [0, 0.1) is 0 Å². The van der Waals surface area contributed by atoms with Crippen molar-refractivity contribution in [3.05, 3.63) is 35.4 Å². The van der Waals surface area contributed by atoms with Gasteiger partial charge in [0.25, 0.3) is 0 Å². The largest absolute Gasteiger partial charge is 0.479 e. The van der Waals surface area contributed by atoms with E-state index in [9.17, 15) is 27.9 Å². The van der Waals surface area contributed by atoms with Crippen LogP contribution in [-0.2, 0) is 21.3 Å². The minimum absolute atomic E-state index is 0.141. The number of carbonyl (C=O) groups excluding carboxylic acids is 1. The van der Waals surface area contributed by atoms with Crippen molar-refractivity contribution in [1.29, 1.82) is 0 Å². The van der Waals surface area contributed by atoms with Gasteiger partial charge in [-0.1, -0.05) is 12.1 Å². The number of rotatable bonds is 5. The number of aliphatic carboxylic acids is 1. The lowest BCUT2D eigenvalue weighted by atomic mass is 9.89. The normalized spacial score (nSPS) is 17.9. The summed E-state index contributed by atoms with van der Waals surface area (Å²) in [5.41, 5.74) is -2.39. The fourth-order valence-corrected chi connectivity index (χ4v) is 2.28. The quantitative estimate of drug-likeness (QED) is 0.851. The van der Waals surface area contributed by atoms with Crippen LogP contribution < -0.4 is 0 Å². The summed E-state index contributed by atoms with van der Waals surface area (Å²) in [4.78, 5) is 24.0. The highest BCUT2D eigenvalue weighted by Gasteiger charge is 2.47. The Morgan fingerprint density at radius 1 is 1.24 bits per heavy atom. The van der Waals surface area contributed by atoms with Crippen molar-refractivity contribution in [1.82, 2.24) is 4.90 Å². The highest BCUT2D eigenvalue weighted by molar-refractivity contribution is 5.83. The lowest BCUT2D eigenvalue weighted by Crippen LogP contribution is -2.50. The zero-order valence-electron chi connectivity index (χ0n) is 11.2. The number of halogens is 3. The molecule has 1 atom stereocenters. The van der Waals surface area contributed by atoms with Crippen LogP contribution in [0.15, 0.2) is 24.3 Å². The average Bonchev–Trinajstić information content (AvgIpc) is 3.22. The van der Waals surface area contributed by atoms with Crippen LogP contribution in [0.2, 0.25) is 0 Å². The molecule has 1 aromatic carbocycles. The molecule has 1 aliphatic rings. The summed E-state index contributed by atoms with van der Waals surface area (Å²) in [6.07, 6.45) is -2.65. The van der Waals surface area contributed by atoms with Crippen molar-refractivity contribution in [3.8, 4) is 0 Å². The van der Waals surface area contributed by atoms with Crippen molar-refractivity contribution < 1.29 is 27.9 Å². The van der Waals surface area contributed by atoms with Crippen molar-refractivity contribution in [3.63, 3.8) is 0 Å². The Labute approximate surface area is 119 Å². The number of nitrogens with zero attached hydrogens (tertiary/aromatic N) is 1. The molecule has 0 bridgehead atoms. The van der Waals surface area contributed by atoms with Gasteiger partial charge in [0.15, 0.2) is 5.54 Å². The smallest absolute Gasteiger partial charge is 0.416 e. The molecular formula is C14H14F3NO3. The molecule has 2 rings (SSSR count). The molecule has 0 heterocycles. The molecule has 1 aromatic rings. The third-order valence-corrected chi connectivity index (χ3v) is 3.76. The first-order chi connectivity index (χ1) is 9.71. The van der Waals surface area contributed by atoms with Gasteiger partial charge >= 0.3 is 12.1 Å². The van der Waals surface area contributed by atoms with Crippen molar-refractivity contribution >= 4 is 12.4 Å². The van der Waals surface area contributed by atoms with Crippen LogP contribution in [-0.4, -0.2) is 28.4 Å². The highest BCUT2D eigenvalue weighted by Crippen LogP contribution is 2.38. The molecule has 0 saturated heterocycles. The number of hydrogen-bond acceptors (Lipinski definition) is 2. The van der Waals surface area contributed by atoms with Crippen molar-refractivity contribution in [2.24, 2.45) is 0 Å². The van der Waals surface area contributed by atoms with E-state index in [-0.39, 0.29) is 11.6 Å². The maximum Gasteiger partial charge on any atom is 0.416 e. The number of benzene rings is 1. The van der Waals surface area contributed by atoms with Gasteiger partial charge in [-0.25, -0.2) is 4.79 Å². The third kappa shape index (κ3) is 2.72. The van der Waals surface area contributed by atoms with Gasteiger partial charge in [0.1, 0.15) is 0 Å². The van der Waals surface area contributed by atoms with Crippen molar-refractivity contribution in [2.75, 3.05) is 0 Å². The lowest BCUT2D eigenvalue weighted by molar-refractivity contribution is -0.155. The van der Waals surface area contributed by atoms with Gasteiger partial charge < -0.3 is 10.0 Å². The summed E-state index contributed by atoms with van der Waals surface area (Å²) in [5.74, 6) is -1.28. The summed E-state index contributed by atoms with van der Waals surface area (Å²) >= 11 is 0. The summed E-state index contributed by atoms with van der Waals surface area (Å²) in [7, 11) is 0. The fourth-order valence-electron chi connectivity index (χ4n) is 2.28. The maximum atomic E-state index is 12.6. The van der Waals surface area contributed by atoms with E-state index in [1.807, 2.05) is 0 Å². The summed E-state index contributed by atoms with van der Waals surface area (Å²) < 4.78 is 37.7. The third-order valence-electron chi connectivity index (χ3n) is 3.76. The van der Waals surface area contributed by atoms with Crippen molar-refractivity contribution in [2.45, 2.75) is 37.5 Å². The van der Waals surface area contributed by atoms with E-state index in [4.69, 9.17) is 0 Å². The first-order valence-electron chi connectivity index (χ1n) is 6.36. The highest BCUT2D eigenvalue weighted by atomic mass is 19.4. The second-order valence-electron chi connectivity index (χ2n) is 5.20. The Morgan fingerprint density at radius 3 is 2.05 bits per heavy atom. The Hall–Kier alpha value is -2.05. The standard InChI is InChI=1S/C14H14F3NO3/c1-13(12(20)21,18(8-19)11-6-7-11)9-2-4-10(5-3-9)14(15,16)17/h2-5,8,11H,6-7H2,1H3,(H,20,21). The topological polar surface area (TPSA) is 57.6 Å². The first-order valence-corrected chi connectivity index (χ1v) is 6.36. The molecule has 21 heavy (non-hydrogen) atoms. The van der Waals surface area contributed by atoms with E-state index in [0.29, 0.717) is 19.3 Å². The molecule has 4 nitrogen and oxygen atoms in total. The molecule has 1 aliphatic carbocycles. The zero-order valence-corrected chi connectivity index (χ0v) is 11.2. The number of alkyl halides is 3. The molecule has 7 heteroatoms. The number of carboxylic acids is 1. The van der Waals surface area contributed by atoms with E-state index in [1.54, 1.807) is 0 Å². The van der Waals surface area contributed by atoms with Gasteiger partial charge in [-0.15, -0.1) is 0 Å². The summed E-state index contributed by atoms with van der Waals surface area (Å²) in [6, 6.07) is 3.69. The number of carboxylic acid groups (broad SMARTS) is 1. The minimum atomic E-state index is -4.49. The van der Waals surface area contributed by atoms with Crippen LogP contribution in [0.4, 0.5) is 13.2 Å². The summed E-state index contributed by atoms with van der Waals surface area (Å²) in [6.45, 7) is 1.32. The van der Waals surface area contributed by atoms with Gasteiger partial charge in [0.2, 0.25) is 6.41 Å². The predicted molar refractivity (Wildman–Crippen MR) is 67.4 cm³/mol. The first kappa shape index (κ1) is 15.3. The van der Waals surface area contributed by atoms with E-state index >= 15 is 0 Å². The van der Waals surface area contributed by atoms with Crippen LogP contribution in [0.5, 0.6) is 0 Å². The molecule has 1 fully saturated rings. The molecule has 1 saturated carbocycles. The Kier molecular flexibility index (Phi) is 3.69. The van der Waals surface area contributed by atoms with Gasteiger partial charge in [0.05, 0.1) is 5.56 Å². The second-order valence-corrected chi connectivity index (χ2v) is 5.20. The van der Waals surface area contributed by atoms with E-state index < -0.39 is 23.2 Å². The van der Waals surface area contributed by atoms with Crippen LogP contribution in [0.25, 0.3) is 0 Å². The predicted octanol–water partition coefficient (Wildman–Crippen LogP) is 2.63. The molecule has 0 aromatic heterocycles. The molecule has 0 radical (unpaired) electrons. The molecule has 1 N–H and O–H groups in total. The fraction of sp³-hybridized carbons (Fsp3) is 0.429.